The van der Waals surface area contributed by atoms with Crippen LogP contribution < -0.4 is 18.9 Å². The molecule has 0 spiro atoms. The smallest absolute Gasteiger partial charge is 1.00 e. The minimum atomic E-state index is 0. The first kappa shape index (κ1) is 8.92. The van der Waals surface area contributed by atoms with Gasteiger partial charge in [0.2, 0.25) is 0 Å². The van der Waals surface area contributed by atoms with E-state index in [2.05, 4.69) is 20.4 Å². The summed E-state index contributed by atoms with van der Waals surface area (Å²) >= 11 is 2.08. The zero-order valence-corrected chi connectivity index (χ0v) is 4.14. The molecule has 0 unspecified atom stereocenters. The Morgan fingerprint density at radius 2 is 2.00 bits per heavy atom. The maximum Gasteiger partial charge on any atom is 1.00 e. The summed E-state index contributed by atoms with van der Waals surface area (Å²) in [6.45, 7) is 0. The number of hydrogen-bond donors (Lipinski definition) is 0. The van der Waals surface area contributed by atoms with Gasteiger partial charge in [-0.2, -0.15) is 0 Å². The average molecular weight is 66.0 g/mol. The quantitative estimate of drug-likeness (QED) is 0.271. The van der Waals surface area contributed by atoms with Gasteiger partial charge in [0.15, 0.2) is 0 Å². The van der Waals surface area contributed by atoms with Crippen molar-refractivity contribution in [3.8, 4) is 0 Å². The van der Waals surface area contributed by atoms with Crippen LogP contribution in [0.15, 0.2) is 0 Å². The van der Waals surface area contributed by atoms with Crippen molar-refractivity contribution in [1.82, 2.24) is 0 Å². The van der Waals surface area contributed by atoms with Crippen LogP contribution >= 0.6 is 0 Å². The molecule has 0 heterocycles. The first-order chi connectivity index (χ1) is 1.41. The van der Waals surface area contributed by atoms with Gasteiger partial charge in [0, 0.05) is 7.11 Å². The van der Waals surface area contributed by atoms with Crippen molar-refractivity contribution in [2.45, 2.75) is 0 Å². The molecule has 18 valence electrons. The molecule has 0 aromatic heterocycles. The third kappa shape index (κ3) is 11.4. The fraction of sp³-hybridized carbons (Fsp3) is 1.00. The van der Waals surface area contributed by atoms with E-state index >= 15 is 0 Å². The molecule has 0 rings (SSSR count). The van der Waals surface area contributed by atoms with Crippen molar-refractivity contribution >= 4 is 16.6 Å². The second-order valence-electron chi connectivity index (χ2n) is 0.236. The van der Waals surface area contributed by atoms with Gasteiger partial charge in [-0.25, -0.2) is 0 Å². The van der Waals surface area contributed by atoms with Crippen molar-refractivity contribution in [1.29, 1.82) is 0 Å². The van der Waals surface area contributed by atoms with Crippen LogP contribution in [0.4, 0.5) is 0 Å². The van der Waals surface area contributed by atoms with Crippen molar-refractivity contribution in [2.24, 2.45) is 0 Å². The zero-order valence-electron chi connectivity index (χ0n) is 3.99. The standard InChI is InChI=1S/CH3O.Al.Li.H/c1-2;;;/h1H3;;;/q-1;2*+1;-1. The molecular weight excluding hydrogens is 61.9 g/mol. The Balaban J connectivity index is -0.0000000200. The van der Waals surface area contributed by atoms with E-state index in [1.807, 2.05) is 0 Å². The van der Waals surface area contributed by atoms with E-state index in [1.54, 1.807) is 7.11 Å². The predicted octanol–water partition coefficient (Wildman–Crippen LogP) is -3.17. The first-order valence-electron chi connectivity index (χ1n) is 0.644. The van der Waals surface area contributed by atoms with Crippen molar-refractivity contribution in [2.75, 3.05) is 7.11 Å². The van der Waals surface area contributed by atoms with Gasteiger partial charge in [0.25, 0.3) is 0 Å². The van der Waals surface area contributed by atoms with Gasteiger partial charge in [-0.1, -0.05) is 0 Å². The summed E-state index contributed by atoms with van der Waals surface area (Å²) in [6.07, 6.45) is 0. The fourth-order valence-electron chi connectivity index (χ4n) is 0. The van der Waals surface area contributed by atoms with E-state index in [0.29, 0.717) is 0 Å². The third-order valence-corrected chi connectivity index (χ3v) is 0. The normalized spacial score (nSPS) is 4.25. The van der Waals surface area contributed by atoms with E-state index < -0.39 is 0 Å². The molecule has 0 aliphatic rings. The molecule has 0 aromatic rings. The molecule has 1 nitrogen and oxygen atoms in total. The molecule has 0 amide bonds. The summed E-state index contributed by atoms with van der Waals surface area (Å²) in [5.74, 6) is 0. The molecule has 4 heavy (non-hydrogen) atoms. The van der Waals surface area contributed by atoms with Crippen molar-refractivity contribution in [3.63, 3.8) is 0 Å². The molecule has 2 radical (unpaired) electrons. The van der Waals surface area contributed by atoms with Gasteiger partial charge in [-0.3, -0.25) is 0 Å². The van der Waals surface area contributed by atoms with Gasteiger partial charge in [0.05, 0.1) is 0 Å². The van der Waals surface area contributed by atoms with Crippen LogP contribution in [-0.2, 0) is 3.79 Å². The second-order valence-corrected chi connectivity index (χ2v) is 0.707. The summed E-state index contributed by atoms with van der Waals surface area (Å²) in [5, 5.41) is 0. The molecule has 0 bridgehead atoms. The van der Waals surface area contributed by atoms with Crippen molar-refractivity contribution < 1.29 is 24.1 Å². The van der Waals surface area contributed by atoms with E-state index in [4.69, 9.17) is 0 Å². The average Bonchev–Trinajstić information content (AvgIpc) is 0.918. The van der Waals surface area contributed by atoms with Crippen LogP contribution in [0.5, 0.6) is 0 Å². The van der Waals surface area contributed by atoms with Crippen molar-refractivity contribution in [3.05, 3.63) is 0 Å². The van der Waals surface area contributed by atoms with Crippen LogP contribution in [0.3, 0.4) is 0 Å². The summed E-state index contributed by atoms with van der Waals surface area (Å²) < 4.78 is 4.17. The first-order valence-corrected chi connectivity index (χ1v) is 1.12. The maximum atomic E-state index is 4.17. The SMILES string of the molecule is C[O][Al].[H-].[Li+]. The summed E-state index contributed by atoms with van der Waals surface area (Å²) in [5.41, 5.74) is 0. The summed E-state index contributed by atoms with van der Waals surface area (Å²) in [6, 6.07) is 0. The maximum absolute atomic E-state index is 4.17. The van der Waals surface area contributed by atoms with E-state index in [1.165, 1.54) is 0 Å². The molecule has 0 atom stereocenters. The van der Waals surface area contributed by atoms with Gasteiger partial charge in [-0.05, 0) is 0 Å². The Morgan fingerprint density at radius 1 is 2.00 bits per heavy atom. The van der Waals surface area contributed by atoms with Crippen LogP contribution in [0.1, 0.15) is 1.43 Å². The van der Waals surface area contributed by atoms with E-state index in [0.717, 1.165) is 0 Å². The molecule has 3 heteroatoms. The summed E-state index contributed by atoms with van der Waals surface area (Å²) in [7, 11) is 1.59. The van der Waals surface area contributed by atoms with Crippen LogP contribution in [0, 0.1) is 0 Å². The Labute approximate surface area is 48.1 Å². The topological polar surface area (TPSA) is 9.23 Å². The molecule has 0 saturated carbocycles. The van der Waals surface area contributed by atoms with E-state index in [-0.39, 0.29) is 20.3 Å². The summed E-state index contributed by atoms with van der Waals surface area (Å²) in [4.78, 5) is 0. The molecule has 0 fully saturated rings. The molecule has 0 aliphatic heterocycles. The number of hydrogen-bond acceptors (Lipinski definition) is 1. The molecule has 0 aliphatic carbocycles. The van der Waals surface area contributed by atoms with E-state index in [9.17, 15) is 0 Å². The van der Waals surface area contributed by atoms with Gasteiger partial charge >= 0.3 is 35.5 Å². The van der Waals surface area contributed by atoms with Crippen LogP contribution in [-0.4, -0.2) is 23.7 Å². The largest absolute Gasteiger partial charge is 1.00 e. The molecule has 0 aromatic carbocycles. The van der Waals surface area contributed by atoms with Gasteiger partial charge < -0.3 is 5.22 Å². The van der Waals surface area contributed by atoms with Gasteiger partial charge in [0.1, 0.15) is 0 Å². The minimum absolute atomic E-state index is 0. The predicted molar refractivity (Wildman–Crippen MR) is 13.9 cm³/mol. The number of rotatable bonds is 0. The van der Waals surface area contributed by atoms with Crippen LogP contribution in [0.2, 0.25) is 0 Å². The zero-order chi connectivity index (χ0) is 2.71. The monoisotopic (exact) mass is 66.0 g/mol. The Kier molecular flexibility index (Phi) is 19.9. The van der Waals surface area contributed by atoms with Gasteiger partial charge in [-0.15, -0.1) is 0 Å². The minimum Gasteiger partial charge on any atom is -1.00 e. The van der Waals surface area contributed by atoms with Crippen LogP contribution in [0.25, 0.3) is 0 Å². The molecule has 0 N–H and O–H groups in total. The molecule has 0 saturated heterocycles. The second kappa shape index (κ2) is 8.94. The Bertz CT molecular complexity index is 11.6. The fourth-order valence-corrected chi connectivity index (χ4v) is 0. The Morgan fingerprint density at radius 3 is 2.00 bits per heavy atom. The third-order valence-electron chi connectivity index (χ3n) is 0. The molecular formula is CH4AlLiO. The Hall–Kier alpha value is 1.09.